The van der Waals surface area contributed by atoms with Crippen molar-refractivity contribution in [3.63, 3.8) is 0 Å². The van der Waals surface area contributed by atoms with E-state index in [1.165, 1.54) is 30.1 Å². The molecule has 1 saturated carbocycles. The highest BCUT2D eigenvalue weighted by Crippen LogP contribution is 2.37. The van der Waals surface area contributed by atoms with E-state index in [1.807, 2.05) is 4.90 Å². The van der Waals surface area contributed by atoms with Crippen LogP contribution in [0.5, 0.6) is 0 Å². The van der Waals surface area contributed by atoms with Crippen molar-refractivity contribution in [1.29, 1.82) is 0 Å². The molecule has 1 atom stereocenters. The smallest absolute Gasteiger partial charge is 0.358 e. The van der Waals surface area contributed by atoms with Crippen LogP contribution in [0.2, 0.25) is 0 Å². The summed E-state index contributed by atoms with van der Waals surface area (Å²) < 4.78 is 1.31. The van der Waals surface area contributed by atoms with Crippen LogP contribution >= 0.6 is 0 Å². The zero-order chi connectivity index (χ0) is 14.1. The van der Waals surface area contributed by atoms with Gasteiger partial charge in [-0.2, -0.15) is 0 Å². The summed E-state index contributed by atoms with van der Waals surface area (Å²) in [5.41, 5.74) is -0.130. The lowest BCUT2D eigenvalue weighted by Gasteiger charge is -2.37. The van der Waals surface area contributed by atoms with Gasteiger partial charge in [0.1, 0.15) is 6.54 Å². The van der Waals surface area contributed by atoms with Crippen molar-refractivity contribution in [1.82, 2.24) is 19.9 Å². The Morgan fingerprint density at radius 1 is 1.30 bits per heavy atom. The Morgan fingerprint density at radius 3 is 2.70 bits per heavy atom. The van der Waals surface area contributed by atoms with Crippen molar-refractivity contribution < 1.29 is 14.7 Å². The Balaban J connectivity index is 1.64. The largest absolute Gasteiger partial charge is 0.476 e. The first-order valence-corrected chi connectivity index (χ1v) is 7.08. The number of carbonyl (C=O) groups is 2. The van der Waals surface area contributed by atoms with Gasteiger partial charge in [0.2, 0.25) is 5.91 Å². The van der Waals surface area contributed by atoms with E-state index in [4.69, 9.17) is 5.11 Å². The van der Waals surface area contributed by atoms with E-state index >= 15 is 0 Å². The standard InChI is InChI=1S/C13H18N4O3/c18-12(8-16-7-10(13(19)20)14-15-16)17-6-2-5-11(17)9-3-1-4-9/h7,9,11H,1-6,8H2,(H,19,20). The fraction of sp³-hybridized carbons (Fsp3) is 0.692. The van der Waals surface area contributed by atoms with Crippen LogP contribution in [-0.4, -0.2) is 49.5 Å². The van der Waals surface area contributed by atoms with Gasteiger partial charge < -0.3 is 10.0 Å². The van der Waals surface area contributed by atoms with Crippen LogP contribution < -0.4 is 0 Å². The topological polar surface area (TPSA) is 88.3 Å². The maximum atomic E-state index is 12.3. The lowest BCUT2D eigenvalue weighted by Crippen LogP contribution is -2.43. The molecule has 1 aliphatic carbocycles. The molecule has 0 aromatic carbocycles. The SMILES string of the molecule is O=C(O)c1cn(CC(=O)N2CCCC2C2CCC2)nn1. The number of amides is 1. The third kappa shape index (κ3) is 2.39. The molecule has 1 aliphatic heterocycles. The minimum absolute atomic E-state index is 0.0150. The van der Waals surface area contributed by atoms with Gasteiger partial charge in [0.05, 0.1) is 6.20 Å². The summed E-state index contributed by atoms with van der Waals surface area (Å²) in [6, 6.07) is 0.374. The number of aromatic carboxylic acids is 1. The number of hydrogen-bond donors (Lipinski definition) is 1. The highest BCUT2D eigenvalue weighted by molar-refractivity contribution is 5.84. The first kappa shape index (κ1) is 13.1. The zero-order valence-electron chi connectivity index (χ0n) is 11.2. The third-order valence-electron chi connectivity index (χ3n) is 4.37. The second kappa shape index (κ2) is 5.22. The zero-order valence-corrected chi connectivity index (χ0v) is 11.2. The van der Waals surface area contributed by atoms with Crippen LogP contribution in [0.3, 0.4) is 0 Å². The van der Waals surface area contributed by atoms with Crippen molar-refractivity contribution in [3.8, 4) is 0 Å². The van der Waals surface area contributed by atoms with Crippen molar-refractivity contribution in [2.24, 2.45) is 5.92 Å². The molecule has 1 saturated heterocycles. The maximum absolute atomic E-state index is 12.3. The molecule has 3 rings (SSSR count). The Bertz CT molecular complexity index is 523. The summed E-state index contributed by atoms with van der Waals surface area (Å²) in [5, 5.41) is 16.0. The molecule has 0 bridgehead atoms. The normalized spacial score (nSPS) is 22.8. The lowest BCUT2D eigenvalue weighted by atomic mass is 9.79. The maximum Gasteiger partial charge on any atom is 0.358 e. The van der Waals surface area contributed by atoms with Gasteiger partial charge in [-0.25, -0.2) is 9.48 Å². The monoisotopic (exact) mass is 278 g/mol. The first-order chi connectivity index (χ1) is 9.65. The number of rotatable bonds is 4. The van der Waals surface area contributed by atoms with E-state index in [0.717, 1.165) is 19.4 Å². The van der Waals surface area contributed by atoms with E-state index in [0.29, 0.717) is 12.0 Å². The molecule has 1 aromatic heterocycles. The molecule has 2 fully saturated rings. The molecule has 1 N–H and O–H groups in total. The molecular formula is C13H18N4O3. The molecule has 0 spiro atoms. The van der Waals surface area contributed by atoms with E-state index in [2.05, 4.69) is 10.3 Å². The summed E-state index contributed by atoms with van der Waals surface area (Å²) in [4.78, 5) is 25.0. The van der Waals surface area contributed by atoms with E-state index < -0.39 is 5.97 Å². The van der Waals surface area contributed by atoms with Gasteiger partial charge in [-0.1, -0.05) is 11.6 Å². The van der Waals surface area contributed by atoms with Crippen LogP contribution in [0.1, 0.15) is 42.6 Å². The van der Waals surface area contributed by atoms with E-state index in [9.17, 15) is 9.59 Å². The molecule has 2 heterocycles. The highest BCUT2D eigenvalue weighted by atomic mass is 16.4. The van der Waals surface area contributed by atoms with Gasteiger partial charge in [0, 0.05) is 12.6 Å². The number of likely N-dealkylation sites (tertiary alicyclic amines) is 1. The Morgan fingerprint density at radius 2 is 2.10 bits per heavy atom. The molecular weight excluding hydrogens is 260 g/mol. The van der Waals surface area contributed by atoms with Crippen LogP contribution in [0.15, 0.2) is 6.20 Å². The Kier molecular flexibility index (Phi) is 3.42. The van der Waals surface area contributed by atoms with Gasteiger partial charge in [-0.3, -0.25) is 4.79 Å². The van der Waals surface area contributed by atoms with Gasteiger partial charge >= 0.3 is 5.97 Å². The molecule has 1 amide bonds. The quantitative estimate of drug-likeness (QED) is 0.878. The average molecular weight is 278 g/mol. The third-order valence-corrected chi connectivity index (χ3v) is 4.37. The van der Waals surface area contributed by atoms with Crippen molar-refractivity contribution in [2.45, 2.75) is 44.7 Å². The molecule has 0 radical (unpaired) electrons. The summed E-state index contributed by atoms with van der Waals surface area (Å²) in [6.07, 6.45) is 7.17. The molecule has 1 unspecified atom stereocenters. The average Bonchev–Trinajstić information content (AvgIpc) is 2.95. The predicted molar refractivity (Wildman–Crippen MR) is 69.1 cm³/mol. The number of aromatic nitrogens is 3. The second-order valence-electron chi connectivity index (χ2n) is 5.59. The number of carboxylic acids is 1. The van der Waals surface area contributed by atoms with Crippen molar-refractivity contribution in [3.05, 3.63) is 11.9 Å². The first-order valence-electron chi connectivity index (χ1n) is 7.08. The Labute approximate surface area is 116 Å². The number of carboxylic acid groups (broad SMARTS) is 1. The second-order valence-corrected chi connectivity index (χ2v) is 5.59. The minimum Gasteiger partial charge on any atom is -0.476 e. The van der Waals surface area contributed by atoms with Crippen molar-refractivity contribution in [2.75, 3.05) is 6.54 Å². The summed E-state index contributed by atoms with van der Waals surface area (Å²) >= 11 is 0. The van der Waals surface area contributed by atoms with Crippen LogP contribution in [0.25, 0.3) is 0 Å². The van der Waals surface area contributed by atoms with Crippen LogP contribution in [-0.2, 0) is 11.3 Å². The summed E-state index contributed by atoms with van der Waals surface area (Å²) in [5.74, 6) is -0.453. The number of nitrogens with zero attached hydrogens (tertiary/aromatic N) is 4. The van der Waals surface area contributed by atoms with Crippen LogP contribution in [0.4, 0.5) is 0 Å². The van der Waals surface area contributed by atoms with E-state index in [-0.39, 0.29) is 18.1 Å². The molecule has 20 heavy (non-hydrogen) atoms. The van der Waals surface area contributed by atoms with Gasteiger partial charge in [0.15, 0.2) is 5.69 Å². The fourth-order valence-corrected chi connectivity index (χ4v) is 3.12. The molecule has 7 nitrogen and oxygen atoms in total. The molecule has 7 heteroatoms. The predicted octanol–water partition coefficient (Wildman–Crippen LogP) is 0.767. The highest BCUT2D eigenvalue weighted by Gasteiger charge is 2.37. The number of carbonyl (C=O) groups excluding carboxylic acids is 1. The lowest BCUT2D eigenvalue weighted by molar-refractivity contribution is -0.134. The van der Waals surface area contributed by atoms with Gasteiger partial charge in [0.25, 0.3) is 0 Å². The molecule has 2 aliphatic rings. The molecule has 1 aromatic rings. The molecule has 108 valence electrons. The minimum atomic E-state index is -1.13. The summed E-state index contributed by atoms with van der Waals surface area (Å²) in [6.45, 7) is 0.879. The van der Waals surface area contributed by atoms with Crippen LogP contribution in [0, 0.1) is 5.92 Å². The summed E-state index contributed by atoms with van der Waals surface area (Å²) in [7, 11) is 0. The van der Waals surface area contributed by atoms with E-state index in [1.54, 1.807) is 0 Å². The van der Waals surface area contributed by atoms with Gasteiger partial charge in [-0.05, 0) is 31.6 Å². The van der Waals surface area contributed by atoms with Crippen molar-refractivity contribution >= 4 is 11.9 Å². The van der Waals surface area contributed by atoms with Gasteiger partial charge in [-0.15, -0.1) is 5.10 Å². The Hall–Kier alpha value is -1.92. The fourth-order valence-electron chi connectivity index (χ4n) is 3.12. The number of hydrogen-bond acceptors (Lipinski definition) is 4.